The third-order valence-electron chi connectivity index (χ3n) is 16.3. The molecule has 0 unspecified atom stereocenters. The Hall–Kier alpha value is -8.53. The number of nitrogens with zero attached hydrogens (tertiary/aromatic N) is 5. The zero-order chi connectivity index (χ0) is 61.4. The van der Waals surface area contributed by atoms with Crippen LogP contribution in [-0.2, 0) is 32.8 Å². The molecule has 5 N–H and O–H groups in total. The van der Waals surface area contributed by atoms with E-state index in [0.29, 0.717) is 58.5 Å². The smallest absolute Gasteiger partial charge is 0.398 e. The molecule has 5 aromatic carbocycles. The monoisotopic (exact) mass is 1210 g/mol. The summed E-state index contributed by atoms with van der Waals surface area (Å²) in [5.41, 5.74) is 5.05. The van der Waals surface area contributed by atoms with Crippen LogP contribution in [0.2, 0.25) is 0 Å². The highest BCUT2D eigenvalue weighted by atomic mass is 32.1. The predicted octanol–water partition coefficient (Wildman–Crippen LogP) is 12.4. The van der Waals surface area contributed by atoms with Gasteiger partial charge in [-0.1, -0.05) is 105 Å². The highest BCUT2D eigenvalue weighted by Gasteiger charge is 2.52. The number of carbonyl (C=O) groups excluding carboxylic acids is 4. The molecule has 10 rings (SSSR count). The van der Waals surface area contributed by atoms with E-state index in [0.717, 1.165) is 50.0 Å². The summed E-state index contributed by atoms with van der Waals surface area (Å²) in [4.78, 5) is 86.4. The molecule has 2 aliphatic rings. The Labute approximate surface area is 503 Å². The van der Waals surface area contributed by atoms with Crippen LogP contribution < -0.4 is 25.6 Å². The molecule has 5 atom stereocenters. The number of thiazole rings is 2. The molecule has 3 aromatic heterocycles. The van der Waals surface area contributed by atoms with Crippen LogP contribution in [0.25, 0.3) is 31.8 Å². The number of aliphatic hydroxyl groups is 1. The molecular weight excluding hydrogens is 1140 g/mol. The third kappa shape index (κ3) is 12.7. The van der Waals surface area contributed by atoms with Crippen molar-refractivity contribution in [2.75, 3.05) is 23.3 Å². The second-order valence-electron chi connectivity index (χ2n) is 23.2. The SMILES string of the molecule is Cc1ncsc1-c1ccc([C@H](C)NC(=O)[C@@H]2C[C@@H](O)CN2C(=O)[C@@H](NC(=O)CC[C@](C)(c2ccc(Oc3cccc(-c4ccc(N5CCc6cccc(C(=O)Nc7nc8ccccc8s7)c6C5)nc4C(=O)O)c3C)cc2)C(F)(F)F)C(C)(C)C)cc1. The number of alkyl halides is 3. The van der Waals surface area contributed by atoms with Crippen LogP contribution in [-0.4, -0.2) is 97.1 Å². The number of carbonyl (C=O) groups is 5. The lowest BCUT2D eigenvalue weighted by atomic mass is 9.77. The lowest BCUT2D eigenvalue weighted by molar-refractivity contribution is -0.188. The van der Waals surface area contributed by atoms with E-state index in [-0.39, 0.29) is 35.9 Å². The van der Waals surface area contributed by atoms with Crippen molar-refractivity contribution in [3.05, 3.63) is 172 Å². The molecule has 0 bridgehead atoms. The highest BCUT2D eigenvalue weighted by molar-refractivity contribution is 7.22. The number of aliphatic hydroxyl groups excluding tert-OH is 1. The van der Waals surface area contributed by atoms with Gasteiger partial charge in [-0.05, 0) is 133 Å². The maximum Gasteiger partial charge on any atom is 0.398 e. The molecule has 4 amide bonds. The number of likely N-dealkylation sites (tertiary alicyclic amines) is 1. The lowest BCUT2D eigenvalue weighted by Gasteiger charge is -2.36. The van der Waals surface area contributed by atoms with Crippen molar-refractivity contribution < 1.29 is 52.1 Å². The first-order chi connectivity index (χ1) is 40.9. The molecule has 0 radical (unpaired) electrons. The average Bonchev–Trinajstić information content (AvgIpc) is 3.22. The molecule has 0 spiro atoms. The Balaban J connectivity index is 0.788. The molecule has 1 fully saturated rings. The minimum Gasteiger partial charge on any atom is -0.476 e. The van der Waals surface area contributed by atoms with E-state index < -0.39 is 77.8 Å². The molecular formula is C65H65F3N8O8S2. The summed E-state index contributed by atoms with van der Waals surface area (Å²) < 4.78 is 52.9. The first kappa shape index (κ1) is 60.6. The standard InChI is InChI=1S/C65H65F3N8O8S2/c1-36-45(46-26-27-53(72-55(46)61(82)83)75-31-29-40-12-10-14-47(48(40)34-75)58(79)74-62-71-49-15-8-9-17-52(49)86-62)13-11-16-51(36)84-44-24-22-42(23-25-44)64(7,65(66,67)68)30-28-54(78)73-57(63(4,5)6)60(81)76-33-43(77)32-50(76)59(80)70-37(2)39-18-20-41(21-19-39)56-38(3)69-35-85-56/h8-27,35,37,43,50,57,77H,28-34H2,1-7H3,(H,70,80)(H,73,78)(H,82,83)(H,71,74,79)/t37-,43+,50-,57+,64+/m0/s1. The van der Waals surface area contributed by atoms with Crippen LogP contribution in [0.5, 0.6) is 11.5 Å². The van der Waals surface area contributed by atoms with E-state index in [1.54, 1.807) is 69.6 Å². The van der Waals surface area contributed by atoms with Crippen LogP contribution in [0.4, 0.5) is 24.1 Å². The van der Waals surface area contributed by atoms with Crippen molar-refractivity contribution in [1.82, 2.24) is 30.5 Å². The fourth-order valence-corrected chi connectivity index (χ4v) is 12.9. The van der Waals surface area contributed by atoms with Gasteiger partial charge >= 0.3 is 12.1 Å². The number of amides is 4. The van der Waals surface area contributed by atoms with Crippen LogP contribution in [0.15, 0.2) is 127 Å². The van der Waals surface area contributed by atoms with Crippen molar-refractivity contribution in [2.24, 2.45) is 5.41 Å². The minimum atomic E-state index is -4.83. The Kier molecular flexibility index (Phi) is 17.2. The number of nitrogens with one attached hydrogen (secondary N) is 3. The molecule has 21 heteroatoms. The Morgan fingerprint density at radius 1 is 0.837 bits per heavy atom. The summed E-state index contributed by atoms with van der Waals surface area (Å²) >= 11 is 2.91. The number of halogens is 3. The Morgan fingerprint density at radius 3 is 2.26 bits per heavy atom. The second-order valence-corrected chi connectivity index (χ2v) is 25.1. The topological polar surface area (TPSA) is 216 Å². The van der Waals surface area contributed by atoms with Crippen molar-refractivity contribution in [1.29, 1.82) is 0 Å². The average molecular weight is 1210 g/mol. The fourth-order valence-electron chi connectivity index (χ4n) is 11.2. The van der Waals surface area contributed by atoms with Crippen molar-refractivity contribution >= 4 is 73.4 Å². The van der Waals surface area contributed by atoms with Gasteiger partial charge in [0.15, 0.2) is 10.8 Å². The molecule has 5 heterocycles. The highest BCUT2D eigenvalue weighted by Crippen LogP contribution is 2.46. The van der Waals surface area contributed by atoms with E-state index in [9.17, 15) is 34.2 Å². The normalized spacial score (nSPS) is 16.6. The first-order valence-electron chi connectivity index (χ1n) is 28.2. The minimum absolute atomic E-state index is 0.0463. The van der Waals surface area contributed by atoms with Crippen molar-refractivity contribution in [3.8, 4) is 33.1 Å². The number of pyridine rings is 1. The Morgan fingerprint density at radius 2 is 1.57 bits per heavy atom. The molecule has 2 aliphatic heterocycles. The third-order valence-corrected chi connectivity index (χ3v) is 18.2. The van der Waals surface area contributed by atoms with E-state index in [1.165, 1.54) is 51.8 Å². The summed E-state index contributed by atoms with van der Waals surface area (Å²) in [6.45, 7) is 12.2. The number of hydrogen-bond acceptors (Lipinski definition) is 13. The zero-order valence-corrected chi connectivity index (χ0v) is 50.0. The number of anilines is 2. The quantitative estimate of drug-likeness (QED) is 0.0575. The summed E-state index contributed by atoms with van der Waals surface area (Å²) in [5.74, 6) is -2.62. The maximum absolute atomic E-state index is 15.2. The fraction of sp³-hybridized carbons (Fsp3) is 0.323. The number of carboxylic acid groups (broad SMARTS) is 1. The van der Waals surface area contributed by atoms with E-state index in [4.69, 9.17) is 4.74 Å². The molecule has 86 heavy (non-hydrogen) atoms. The zero-order valence-electron chi connectivity index (χ0n) is 48.4. The van der Waals surface area contributed by atoms with E-state index in [2.05, 4.69) is 30.9 Å². The summed E-state index contributed by atoms with van der Waals surface area (Å²) in [7, 11) is 0. The number of benzene rings is 5. The number of carboxylic acids is 1. The van der Waals surface area contributed by atoms with E-state index in [1.807, 2.05) is 79.4 Å². The number of hydrogen-bond donors (Lipinski definition) is 5. The van der Waals surface area contributed by atoms with Gasteiger partial charge < -0.3 is 35.4 Å². The summed E-state index contributed by atoms with van der Waals surface area (Å²) in [5, 5.41) is 30.4. The van der Waals surface area contributed by atoms with Gasteiger partial charge in [0.2, 0.25) is 17.7 Å². The van der Waals surface area contributed by atoms with Gasteiger partial charge in [-0.25, -0.2) is 19.7 Å². The number of ether oxygens (including phenoxy) is 1. The number of para-hydroxylation sites is 1. The van der Waals surface area contributed by atoms with Crippen molar-refractivity contribution in [3.63, 3.8) is 0 Å². The maximum atomic E-state index is 15.2. The summed E-state index contributed by atoms with van der Waals surface area (Å²) in [6.07, 6.45) is -6.61. The largest absolute Gasteiger partial charge is 0.476 e. The molecule has 16 nitrogen and oxygen atoms in total. The number of aryl methyl sites for hydroxylation is 1. The van der Waals surface area contributed by atoms with Gasteiger partial charge in [-0.15, -0.1) is 11.3 Å². The lowest BCUT2D eigenvalue weighted by Crippen LogP contribution is -2.58. The van der Waals surface area contributed by atoms with Crippen LogP contribution in [0, 0.1) is 19.3 Å². The Bertz CT molecular complexity index is 3850. The van der Waals surface area contributed by atoms with Gasteiger partial charge in [-0.2, -0.15) is 13.2 Å². The van der Waals surface area contributed by atoms with Gasteiger partial charge in [0.05, 0.1) is 43.9 Å². The van der Waals surface area contributed by atoms with Crippen LogP contribution in [0.3, 0.4) is 0 Å². The van der Waals surface area contributed by atoms with Gasteiger partial charge in [0, 0.05) is 43.6 Å². The van der Waals surface area contributed by atoms with Gasteiger partial charge in [0.25, 0.3) is 5.91 Å². The molecule has 8 aromatic rings. The molecule has 446 valence electrons. The number of aromatic carboxylic acids is 1. The van der Waals surface area contributed by atoms with E-state index >= 15 is 13.2 Å². The number of aromatic nitrogens is 3. The first-order valence-corrected chi connectivity index (χ1v) is 29.9. The number of fused-ring (bicyclic) bond motifs is 2. The van der Waals surface area contributed by atoms with Gasteiger partial charge in [0.1, 0.15) is 29.4 Å². The number of rotatable bonds is 17. The van der Waals surface area contributed by atoms with Crippen LogP contribution in [0.1, 0.15) is 114 Å². The summed E-state index contributed by atoms with van der Waals surface area (Å²) in [6, 6.07) is 31.9. The predicted molar refractivity (Wildman–Crippen MR) is 326 cm³/mol. The van der Waals surface area contributed by atoms with Crippen molar-refractivity contribution in [2.45, 2.75) is 117 Å². The number of β-amino-alcohol motifs (C(OH)–C–C–N with tert-alkyl or cyclic N) is 1. The van der Waals surface area contributed by atoms with Gasteiger partial charge in [-0.3, -0.25) is 24.5 Å². The molecule has 0 saturated carbocycles. The van der Waals surface area contributed by atoms with Crippen LogP contribution >= 0.6 is 22.7 Å². The second kappa shape index (κ2) is 24.4. The molecule has 1 saturated heterocycles. The molecule has 0 aliphatic carbocycles.